The normalized spacial score (nSPS) is 39.0. The lowest BCUT2D eigenvalue weighted by atomic mass is 9.49. The van der Waals surface area contributed by atoms with E-state index in [0.29, 0.717) is 11.8 Å². The zero-order valence-corrected chi connectivity index (χ0v) is 14.0. The Bertz CT molecular complexity index is 597. The van der Waals surface area contributed by atoms with Crippen LogP contribution < -0.4 is 5.32 Å². The van der Waals surface area contributed by atoms with Crippen molar-refractivity contribution in [3.05, 3.63) is 29.8 Å². The Hall–Kier alpha value is -1.02. The van der Waals surface area contributed by atoms with Crippen LogP contribution >= 0.6 is 11.6 Å². The minimum atomic E-state index is -0.216. The second kappa shape index (κ2) is 4.99. The van der Waals surface area contributed by atoms with Crippen molar-refractivity contribution in [1.29, 1.82) is 0 Å². The first-order chi connectivity index (χ1) is 10.5. The van der Waals surface area contributed by atoms with E-state index in [1.807, 2.05) is 18.2 Å². The molecule has 5 rings (SSSR count). The molecule has 4 fully saturated rings. The second-order valence-electron chi connectivity index (χ2n) is 7.86. The van der Waals surface area contributed by atoms with Crippen molar-refractivity contribution in [3.63, 3.8) is 0 Å². The molecule has 1 amide bonds. The number of amides is 1. The summed E-state index contributed by atoms with van der Waals surface area (Å²) in [7, 11) is 0. The first-order valence-corrected chi connectivity index (χ1v) is 8.98. The summed E-state index contributed by atoms with van der Waals surface area (Å²) in [5, 5.41) is 3.24. The SMILES string of the molecule is CCc1ccccc1NC(=O)C12C[C@@H]3C[C@@H](CC(Cl)(C3)C1)C2. The first kappa shape index (κ1) is 14.6. The fourth-order valence-electron chi connectivity index (χ4n) is 5.62. The molecule has 2 nitrogen and oxygen atoms in total. The van der Waals surface area contributed by atoms with Gasteiger partial charge in [0.1, 0.15) is 0 Å². The topological polar surface area (TPSA) is 29.1 Å². The molecular weight excluding hydrogens is 294 g/mol. The van der Waals surface area contributed by atoms with Gasteiger partial charge in [0.15, 0.2) is 0 Å². The fraction of sp³-hybridized carbons (Fsp3) is 0.632. The highest BCUT2D eigenvalue weighted by Gasteiger charge is 2.60. The molecule has 2 unspecified atom stereocenters. The van der Waals surface area contributed by atoms with E-state index in [0.717, 1.165) is 44.2 Å². The number of alkyl halides is 1. The van der Waals surface area contributed by atoms with E-state index in [9.17, 15) is 4.79 Å². The Balaban J connectivity index is 1.60. The van der Waals surface area contributed by atoms with Crippen LogP contribution in [-0.4, -0.2) is 10.8 Å². The number of nitrogens with one attached hydrogen (secondary N) is 1. The highest BCUT2D eigenvalue weighted by Crippen LogP contribution is 2.64. The van der Waals surface area contributed by atoms with Crippen LogP contribution in [0.25, 0.3) is 0 Å². The van der Waals surface area contributed by atoms with Crippen LogP contribution in [0.5, 0.6) is 0 Å². The summed E-state index contributed by atoms with van der Waals surface area (Å²) in [6.45, 7) is 2.13. The molecule has 4 saturated carbocycles. The number of aryl methyl sites for hydroxylation is 1. The van der Waals surface area contributed by atoms with Crippen molar-refractivity contribution >= 4 is 23.2 Å². The average molecular weight is 318 g/mol. The second-order valence-corrected chi connectivity index (χ2v) is 8.66. The molecule has 4 aliphatic carbocycles. The molecule has 3 heteroatoms. The van der Waals surface area contributed by atoms with Crippen molar-refractivity contribution in [2.75, 3.05) is 5.32 Å². The number of rotatable bonds is 3. The van der Waals surface area contributed by atoms with Gasteiger partial charge in [0.05, 0.1) is 5.41 Å². The summed E-state index contributed by atoms with van der Waals surface area (Å²) in [6.07, 6.45) is 7.41. The fourth-order valence-corrected chi connectivity index (χ4v) is 6.31. The van der Waals surface area contributed by atoms with Gasteiger partial charge in [-0.1, -0.05) is 25.1 Å². The van der Waals surface area contributed by atoms with Crippen LogP contribution in [0.2, 0.25) is 0 Å². The summed E-state index contributed by atoms with van der Waals surface area (Å²) in [6, 6.07) is 8.15. The third-order valence-electron chi connectivity index (χ3n) is 6.12. The smallest absolute Gasteiger partial charge is 0.230 e. The predicted octanol–water partition coefficient (Wildman–Crippen LogP) is 4.77. The van der Waals surface area contributed by atoms with Crippen LogP contribution in [0.4, 0.5) is 5.69 Å². The summed E-state index contributed by atoms with van der Waals surface area (Å²) in [4.78, 5) is 13.0. The average Bonchev–Trinajstić information content (AvgIpc) is 2.45. The molecule has 4 aliphatic rings. The van der Waals surface area contributed by atoms with Crippen LogP contribution in [0.1, 0.15) is 51.0 Å². The Morgan fingerprint density at radius 2 is 1.91 bits per heavy atom. The minimum Gasteiger partial charge on any atom is -0.325 e. The predicted molar refractivity (Wildman–Crippen MR) is 90.1 cm³/mol. The lowest BCUT2D eigenvalue weighted by Gasteiger charge is -2.59. The lowest BCUT2D eigenvalue weighted by molar-refractivity contribution is -0.138. The molecule has 22 heavy (non-hydrogen) atoms. The van der Waals surface area contributed by atoms with Crippen molar-refractivity contribution < 1.29 is 4.79 Å². The zero-order valence-electron chi connectivity index (χ0n) is 13.2. The molecule has 4 atom stereocenters. The molecule has 1 aromatic rings. The summed E-state index contributed by atoms with van der Waals surface area (Å²) in [5.41, 5.74) is 1.97. The Morgan fingerprint density at radius 3 is 2.55 bits per heavy atom. The zero-order chi connectivity index (χ0) is 15.4. The van der Waals surface area contributed by atoms with Crippen LogP contribution in [0.3, 0.4) is 0 Å². The van der Waals surface area contributed by atoms with E-state index in [4.69, 9.17) is 11.6 Å². The third-order valence-corrected chi connectivity index (χ3v) is 6.56. The van der Waals surface area contributed by atoms with Gasteiger partial charge in [-0.25, -0.2) is 0 Å². The highest BCUT2D eigenvalue weighted by molar-refractivity contribution is 6.24. The van der Waals surface area contributed by atoms with E-state index < -0.39 is 0 Å². The summed E-state index contributed by atoms with van der Waals surface area (Å²) < 4.78 is 0. The Morgan fingerprint density at radius 1 is 1.23 bits per heavy atom. The molecule has 0 radical (unpaired) electrons. The summed E-state index contributed by atoms with van der Waals surface area (Å²) >= 11 is 6.85. The quantitative estimate of drug-likeness (QED) is 0.800. The van der Waals surface area contributed by atoms with Gasteiger partial charge in [0, 0.05) is 10.6 Å². The van der Waals surface area contributed by atoms with Gasteiger partial charge in [-0.2, -0.15) is 0 Å². The van der Waals surface area contributed by atoms with Crippen molar-refractivity contribution in [3.8, 4) is 0 Å². The third kappa shape index (κ3) is 2.27. The molecule has 0 spiro atoms. The molecule has 0 aromatic heterocycles. The van der Waals surface area contributed by atoms with Gasteiger partial charge in [-0.15, -0.1) is 11.6 Å². The van der Waals surface area contributed by atoms with Gasteiger partial charge < -0.3 is 5.32 Å². The van der Waals surface area contributed by atoms with E-state index in [1.54, 1.807) is 0 Å². The molecular formula is C19H24ClNO. The van der Waals surface area contributed by atoms with Gasteiger partial charge in [0.25, 0.3) is 0 Å². The molecule has 0 heterocycles. The van der Waals surface area contributed by atoms with Crippen molar-refractivity contribution in [2.24, 2.45) is 17.3 Å². The molecule has 0 aliphatic heterocycles. The standard InChI is InChI=1S/C19H24ClNO/c1-2-15-5-3-4-6-16(15)21-17(22)18-8-13-7-14(9-18)11-19(20,10-13)12-18/h3-6,13-14H,2,7-12H2,1H3,(H,21,22)/t13-,14+,18?,19?. The Labute approximate surface area is 137 Å². The maximum absolute atomic E-state index is 13.1. The van der Waals surface area contributed by atoms with Crippen molar-refractivity contribution in [1.82, 2.24) is 0 Å². The minimum absolute atomic E-state index is 0.105. The van der Waals surface area contributed by atoms with E-state index in [1.165, 1.54) is 12.0 Å². The number of hydrogen-bond acceptors (Lipinski definition) is 1. The van der Waals surface area contributed by atoms with E-state index >= 15 is 0 Å². The maximum atomic E-state index is 13.1. The number of benzene rings is 1. The number of halogens is 1. The van der Waals surface area contributed by atoms with E-state index in [2.05, 4.69) is 18.3 Å². The molecule has 4 bridgehead atoms. The van der Waals surface area contributed by atoms with Gasteiger partial charge in [0.2, 0.25) is 5.91 Å². The Kier molecular flexibility index (Phi) is 3.30. The monoisotopic (exact) mass is 317 g/mol. The van der Waals surface area contributed by atoms with Gasteiger partial charge >= 0.3 is 0 Å². The molecule has 118 valence electrons. The number of anilines is 1. The maximum Gasteiger partial charge on any atom is 0.230 e. The van der Waals surface area contributed by atoms with E-state index in [-0.39, 0.29) is 16.2 Å². The number of para-hydroxylation sites is 1. The van der Waals surface area contributed by atoms with Crippen molar-refractivity contribution in [2.45, 2.75) is 56.7 Å². The number of carbonyl (C=O) groups is 1. The van der Waals surface area contributed by atoms with Crippen LogP contribution in [0, 0.1) is 17.3 Å². The number of carbonyl (C=O) groups excluding carboxylic acids is 1. The van der Waals surface area contributed by atoms with Crippen LogP contribution in [-0.2, 0) is 11.2 Å². The summed E-state index contributed by atoms with van der Waals surface area (Å²) in [5.74, 6) is 1.53. The van der Waals surface area contributed by atoms with Crippen LogP contribution in [0.15, 0.2) is 24.3 Å². The first-order valence-electron chi connectivity index (χ1n) is 8.60. The molecule has 1 aromatic carbocycles. The van der Waals surface area contributed by atoms with Gasteiger partial charge in [-0.3, -0.25) is 4.79 Å². The molecule has 0 saturated heterocycles. The number of hydrogen-bond donors (Lipinski definition) is 1. The van der Waals surface area contributed by atoms with Gasteiger partial charge in [-0.05, 0) is 68.4 Å². The largest absolute Gasteiger partial charge is 0.325 e. The molecule has 1 N–H and O–H groups in total. The highest BCUT2D eigenvalue weighted by atomic mass is 35.5. The lowest BCUT2D eigenvalue weighted by Crippen LogP contribution is -2.57.